The molecule has 1 atom stereocenters. The highest BCUT2D eigenvalue weighted by molar-refractivity contribution is 6.27. The molecule has 1 heterocycles. The number of hydrogen-bond acceptors (Lipinski definition) is 3. The molecule has 0 unspecified atom stereocenters. The number of nitrogens with zero attached hydrogens (tertiary/aromatic N) is 1. The van der Waals surface area contributed by atoms with E-state index in [1.165, 1.54) is 12.0 Å². The zero-order valence-corrected chi connectivity index (χ0v) is 13.6. The number of halogens is 1. The number of ether oxygens (including phenoxy) is 1. The zero-order valence-electron chi connectivity index (χ0n) is 12.9. The fourth-order valence-corrected chi connectivity index (χ4v) is 2.76. The number of aromatic nitrogens is 1. The molecule has 1 amide bonds. The van der Waals surface area contributed by atoms with Crippen molar-refractivity contribution in [1.29, 1.82) is 0 Å². The minimum atomic E-state index is -0.700. The summed E-state index contributed by atoms with van der Waals surface area (Å²) in [4.78, 5) is 28.5. The van der Waals surface area contributed by atoms with E-state index >= 15 is 0 Å². The van der Waals surface area contributed by atoms with E-state index in [9.17, 15) is 9.59 Å². The summed E-state index contributed by atoms with van der Waals surface area (Å²) in [6, 6.07) is 7.16. The quantitative estimate of drug-likeness (QED) is 0.678. The summed E-state index contributed by atoms with van der Waals surface area (Å²) < 4.78 is 4.84. The predicted molar refractivity (Wildman–Crippen MR) is 86.0 cm³/mol. The van der Waals surface area contributed by atoms with E-state index in [0.29, 0.717) is 6.42 Å². The number of aromatic amines is 1. The Kier molecular flexibility index (Phi) is 5.08. The van der Waals surface area contributed by atoms with Gasteiger partial charge in [0.15, 0.2) is 0 Å². The lowest BCUT2D eigenvalue weighted by Gasteiger charge is -2.25. The van der Waals surface area contributed by atoms with Crippen molar-refractivity contribution >= 4 is 34.4 Å². The molecule has 2 rings (SSSR count). The van der Waals surface area contributed by atoms with Crippen molar-refractivity contribution in [2.24, 2.45) is 0 Å². The molecule has 0 spiro atoms. The van der Waals surface area contributed by atoms with E-state index in [4.69, 9.17) is 16.3 Å². The molecule has 1 aromatic heterocycles. The van der Waals surface area contributed by atoms with Crippen LogP contribution in [0.1, 0.15) is 11.3 Å². The molecule has 22 heavy (non-hydrogen) atoms. The Morgan fingerprint density at radius 2 is 2.05 bits per heavy atom. The average molecular weight is 323 g/mol. The molecule has 1 N–H and O–H groups in total. The normalized spacial score (nSPS) is 12.2. The molecule has 2 aromatic rings. The van der Waals surface area contributed by atoms with E-state index in [2.05, 4.69) is 4.98 Å². The van der Waals surface area contributed by atoms with Gasteiger partial charge in [0.2, 0.25) is 5.91 Å². The molecule has 0 aliphatic heterocycles. The van der Waals surface area contributed by atoms with Gasteiger partial charge in [-0.2, -0.15) is 0 Å². The maximum absolute atomic E-state index is 12.1. The van der Waals surface area contributed by atoms with Crippen molar-refractivity contribution in [2.75, 3.05) is 20.0 Å². The molecular formula is C16H19ClN2O3. The number of fused-ring (bicyclic) bond motifs is 1. The van der Waals surface area contributed by atoms with Gasteiger partial charge in [0, 0.05) is 30.1 Å². The van der Waals surface area contributed by atoms with Crippen LogP contribution in [0.5, 0.6) is 0 Å². The van der Waals surface area contributed by atoms with E-state index in [1.807, 2.05) is 31.2 Å². The molecule has 0 aliphatic carbocycles. The van der Waals surface area contributed by atoms with Crippen LogP contribution in [0.15, 0.2) is 24.3 Å². The van der Waals surface area contributed by atoms with Crippen LogP contribution in [0, 0.1) is 6.92 Å². The van der Waals surface area contributed by atoms with Gasteiger partial charge in [0.05, 0.1) is 7.11 Å². The second-order valence-electron chi connectivity index (χ2n) is 5.16. The topological polar surface area (TPSA) is 62.4 Å². The standard InChI is InChI=1S/C16H19ClN2O3/c1-10-12(11-6-4-5-7-13(11)18-10)8-14(16(21)22-3)19(2)15(20)9-17/h4-7,14,18H,8-9H2,1-3H3/t14-/m1/s1. The minimum Gasteiger partial charge on any atom is -0.467 e. The molecule has 118 valence electrons. The average Bonchev–Trinajstić information content (AvgIpc) is 2.85. The van der Waals surface area contributed by atoms with Crippen LogP contribution in [-0.2, 0) is 20.7 Å². The summed E-state index contributed by atoms with van der Waals surface area (Å²) >= 11 is 5.60. The Labute approximate surface area is 134 Å². The monoisotopic (exact) mass is 322 g/mol. The largest absolute Gasteiger partial charge is 0.467 e. The second-order valence-corrected chi connectivity index (χ2v) is 5.42. The number of hydrogen-bond donors (Lipinski definition) is 1. The molecule has 0 aliphatic rings. The number of methoxy groups -OCH3 is 1. The molecule has 0 radical (unpaired) electrons. The first-order chi connectivity index (χ1) is 10.5. The third-order valence-electron chi connectivity index (χ3n) is 3.87. The number of aryl methyl sites for hydroxylation is 1. The fourth-order valence-electron chi connectivity index (χ4n) is 2.57. The van der Waals surface area contributed by atoms with Crippen LogP contribution >= 0.6 is 11.6 Å². The Morgan fingerprint density at radius 1 is 1.36 bits per heavy atom. The Balaban J connectivity index is 2.39. The maximum Gasteiger partial charge on any atom is 0.328 e. The lowest BCUT2D eigenvalue weighted by atomic mass is 10.0. The number of carbonyl (C=O) groups is 2. The summed E-state index contributed by atoms with van der Waals surface area (Å²) in [5, 5.41) is 1.04. The maximum atomic E-state index is 12.1. The van der Waals surface area contributed by atoms with Crippen molar-refractivity contribution in [2.45, 2.75) is 19.4 Å². The molecule has 0 saturated heterocycles. The summed E-state index contributed by atoms with van der Waals surface area (Å²) in [7, 11) is 2.88. The molecule has 5 nitrogen and oxygen atoms in total. The van der Waals surface area contributed by atoms with Gasteiger partial charge in [0.25, 0.3) is 0 Å². The highest BCUT2D eigenvalue weighted by atomic mass is 35.5. The number of benzene rings is 1. The number of likely N-dealkylation sites (N-methyl/N-ethyl adjacent to an activating group) is 1. The minimum absolute atomic E-state index is 0.170. The smallest absolute Gasteiger partial charge is 0.328 e. The number of rotatable bonds is 5. The summed E-state index contributed by atoms with van der Waals surface area (Å²) in [5.74, 6) is -0.933. The number of alkyl halides is 1. The highest BCUT2D eigenvalue weighted by Gasteiger charge is 2.29. The fraction of sp³-hybridized carbons (Fsp3) is 0.375. The third kappa shape index (κ3) is 3.09. The summed E-state index contributed by atoms with van der Waals surface area (Å²) in [6.45, 7) is 1.95. The Hall–Kier alpha value is -2.01. The van der Waals surface area contributed by atoms with Crippen molar-refractivity contribution in [3.63, 3.8) is 0 Å². The molecular weight excluding hydrogens is 304 g/mol. The van der Waals surface area contributed by atoms with Crippen molar-refractivity contribution in [3.05, 3.63) is 35.5 Å². The van der Waals surface area contributed by atoms with Crippen LogP contribution < -0.4 is 0 Å². The van der Waals surface area contributed by atoms with Gasteiger partial charge < -0.3 is 14.6 Å². The van der Waals surface area contributed by atoms with Crippen molar-refractivity contribution < 1.29 is 14.3 Å². The van der Waals surface area contributed by atoms with Gasteiger partial charge in [-0.3, -0.25) is 4.79 Å². The van der Waals surface area contributed by atoms with Gasteiger partial charge in [-0.05, 0) is 18.6 Å². The van der Waals surface area contributed by atoms with Gasteiger partial charge >= 0.3 is 5.97 Å². The highest BCUT2D eigenvalue weighted by Crippen LogP contribution is 2.24. The number of carbonyl (C=O) groups excluding carboxylic acids is 2. The summed E-state index contributed by atoms with van der Waals surface area (Å²) in [5.41, 5.74) is 2.98. The first-order valence-corrected chi connectivity index (χ1v) is 7.48. The van der Waals surface area contributed by atoms with Crippen LogP contribution in [0.2, 0.25) is 0 Å². The number of H-pyrrole nitrogens is 1. The van der Waals surface area contributed by atoms with Crippen molar-refractivity contribution in [3.8, 4) is 0 Å². The van der Waals surface area contributed by atoms with Crippen LogP contribution in [0.3, 0.4) is 0 Å². The van der Waals surface area contributed by atoms with E-state index in [1.54, 1.807) is 7.05 Å². The molecule has 6 heteroatoms. The Bertz CT molecular complexity index is 696. The van der Waals surface area contributed by atoms with Crippen LogP contribution in [0.4, 0.5) is 0 Å². The zero-order chi connectivity index (χ0) is 16.3. The van der Waals surface area contributed by atoms with Crippen LogP contribution in [-0.4, -0.2) is 47.8 Å². The van der Waals surface area contributed by atoms with E-state index in [-0.39, 0.29) is 11.8 Å². The SMILES string of the molecule is COC(=O)[C@@H](Cc1c(C)[nH]c2ccccc12)N(C)C(=O)CCl. The van der Waals surface area contributed by atoms with Crippen molar-refractivity contribution in [1.82, 2.24) is 9.88 Å². The first-order valence-electron chi connectivity index (χ1n) is 6.95. The van der Waals surface area contributed by atoms with Gasteiger partial charge in [-0.15, -0.1) is 11.6 Å². The van der Waals surface area contributed by atoms with Gasteiger partial charge in [0.1, 0.15) is 11.9 Å². The van der Waals surface area contributed by atoms with Gasteiger partial charge in [-0.25, -0.2) is 4.79 Å². The lowest BCUT2D eigenvalue weighted by Crippen LogP contribution is -2.45. The number of nitrogens with one attached hydrogen (secondary N) is 1. The third-order valence-corrected chi connectivity index (χ3v) is 4.10. The number of para-hydroxylation sites is 1. The summed E-state index contributed by atoms with van der Waals surface area (Å²) in [6.07, 6.45) is 0.377. The van der Waals surface area contributed by atoms with E-state index in [0.717, 1.165) is 22.2 Å². The molecule has 1 aromatic carbocycles. The van der Waals surface area contributed by atoms with Crippen LogP contribution in [0.25, 0.3) is 10.9 Å². The van der Waals surface area contributed by atoms with Gasteiger partial charge in [-0.1, -0.05) is 18.2 Å². The van der Waals surface area contributed by atoms with E-state index < -0.39 is 12.0 Å². The second kappa shape index (κ2) is 6.83. The molecule has 0 saturated carbocycles. The Morgan fingerprint density at radius 3 is 2.68 bits per heavy atom. The molecule has 0 bridgehead atoms. The number of amides is 1. The predicted octanol–water partition coefficient (Wildman–Crippen LogP) is 2.26. The molecule has 0 fully saturated rings. The lowest BCUT2D eigenvalue weighted by molar-refractivity contribution is -0.150. The number of esters is 1. The first kappa shape index (κ1) is 16.4.